The summed E-state index contributed by atoms with van der Waals surface area (Å²) in [6, 6.07) is 11.9. The number of nitrogens with zero attached hydrogens (tertiary/aromatic N) is 1. The molecule has 3 aromatic rings. The van der Waals surface area contributed by atoms with Crippen molar-refractivity contribution in [3.63, 3.8) is 0 Å². The van der Waals surface area contributed by atoms with Gasteiger partial charge in [0, 0.05) is 29.7 Å². The van der Waals surface area contributed by atoms with Crippen LogP contribution in [0.2, 0.25) is 0 Å². The van der Waals surface area contributed by atoms with Crippen LogP contribution in [-0.2, 0) is 4.79 Å². The number of hydrogen-bond donors (Lipinski definition) is 3. The minimum Gasteiger partial charge on any atom is -0.502 e. The first kappa shape index (κ1) is 25.4. The molecule has 0 saturated carbocycles. The minimum atomic E-state index is -0.112. The first-order chi connectivity index (χ1) is 17.6. The number of nitrogens with one attached hydrogen (secondary N) is 2. The number of aromatic amines is 1. The van der Waals surface area contributed by atoms with E-state index in [1.807, 2.05) is 6.08 Å². The van der Waals surface area contributed by atoms with E-state index in [0.29, 0.717) is 24.0 Å². The van der Waals surface area contributed by atoms with Crippen molar-refractivity contribution in [3.8, 4) is 17.2 Å². The van der Waals surface area contributed by atoms with E-state index in [-0.39, 0.29) is 11.7 Å². The summed E-state index contributed by atoms with van der Waals surface area (Å²) >= 11 is 0. The molecule has 0 bridgehead atoms. The number of methoxy groups -OCH3 is 2. The second-order valence-electron chi connectivity index (χ2n) is 9.04. The second-order valence-corrected chi connectivity index (χ2v) is 9.04. The number of H-pyrrole nitrogens is 1. The molecule has 0 radical (unpaired) electrons. The normalized spacial score (nSPS) is 15.2. The van der Waals surface area contributed by atoms with E-state index in [1.165, 1.54) is 49.6 Å². The number of carbonyl (C=O) groups excluding carboxylic acids is 1. The summed E-state index contributed by atoms with van der Waals surface area (Å²) in [6.07, 6.45) is 12.2. The number of benzene rings is 2. The lowest BCUT2D eigenvalue weighted by molar-refractivity contribution is -0.116. The third-order valence-electron chi connectivity index (χ3n) is 6.75. The molecular weight excluding hydrogens is 454 g/mol. The molecule has 190 valence electrons. The van der Waals surface area contributed by atoms with Crippen LogP contribution in [0.5, 0.6) is 17.2 Å². The molecule has 7 heteroatoms. The number of carbonyl (C=O) groups is 1. The summed E-state index contributed by atoms with van der Waals surface area (Å²) in [7, 11) is 2.97. The Morgan fingerprint density at radius 2 is 1.86 bits per heavy atom. The topological polar surface area (TPSA) is 86.8 Å². The fourth-order valence-electron chi connectivity index (χ4n) is 4.79. The van der Waals surface area contributed by atoms with Gasteiger partial charge in [-0.05, 0) is 74.1 Å². The van der Waals surface area contributed by atoms with Crippen molar-refractivity contribution in [1.82, 2.24) is 15.2 Å². The zero-order valence-electron chi connectivity index (χ0n) is 21.0. The highest BCUT2D eigenvalue weighted by Gasteiger charge is 2.22. The number of allylic oxidation sites excluding steroid dienone is 2. The predicted molar refractivity (Wildman–Crippen MR) is 144 cm³/mol. The van der Waals surface area contributed by atoms with E-state index in [4.69, 9.17) is 9.47 Å². The minimum absolute atomic E-state index is 0.0364. The zero-order valence-corrected chi connectivity index (χ0v) is 21.0. The monoisotopic (exact) mass is 489 g/mol. The maximum absolute atomic E-state index is 12.1. The first-order valence-electron chi connectivity index (χ1n) is 12.4. The molecule has 0 unspecified atom stereocenters. The van der Waals surface area contributed by atoms with E-state index in [1.54, 1.807) is 24.3 Å². The van der Waals surface area contributed by atoms with E-state index in [0.717, 1.165) is 31.6 Å². The molecule has 0 aliphatic carbocycles. The van der Waals surface area contributed by atoms with E-state index < -0.39 is 0 Å². The fourth-order valence-corrected chi connectivity index (χ4v) is 4.79. The molecule has 7 nitrogen and oxygen atoms in total. The molecule has 1 aliphatic heterocycles. The SMILES string of the molecule is COc1cc(C=CC=CC(=O)NCCCN2CCC(c3c[nH]c4ccccc34)CC2)cc(OC)c1O. The fraction of sp³-hybridized carbons (Fsp3) is 0.345. The Balaban J connectivity index is 1.15. The Morgan fingerprint density at radius 3 is 2.58 bits per heavy atom. The van der Waals surface area contributed by atoms with Crippen LogP contribution in [0.1, 0.15) is 36.3 Å². The van der Waals surface area contributed by atoms with Crippen LogP contribution in [0.15, 0.2) is 60.8 Å². The van der Waals surface area contributed by atoms with Gasteiger partial charge in [0.25, 0.3) is 0 Å². The zero-order chi connectivity index (χ0) is 25.3. The molecule has 1 fully saturated rings. The number of rotatable bonds is 10. The van der Waals surface area contributed by atoms with Gasteiger partial charge in [0.15, 0.2) is 11.5 Å². The molecule has 0 atom stereocenters. The van der Waals surface area contributed by atoms with Crippen LogP contribution in [0, 0.1) is 0 Å². The van der Waals surface area contributed by atoms with Gasteiger partial charge in [-0.1, -0.05) is 36.4 Å². The van der Waals surface area contributed by atoms with Crippen molar-refractivity contribution in [2.45, 2.75) is 25.2 Å². The summed E-state index contributed by atoms with van der Waals surface area (Å²) < 4.78 is 10.3. The van der Waals surface area contributed by atoms with E-state index >= 15 is 0 Å². The average Bonchev–Trinajstić information content (AvgIpc) is 3.34. The third kappa shape index (κ3) is 6.29. The van der Waals surface area contributed by atoms with Gasteiger partial charge < -0.3 is 29.8 Å². The van der Waals surface area contributed by atoms with E-state index in [2.05, 4.69) is 45.7 Å². The van der Waals surface area contributed by atoms with Gasteiger partial charge in [-0.15, -0.1) is 0 Å². The molecule has 1 saturated heterocycles. The third-order valence-corrected chi connectivity index (χ3v) is 6.75. The Hall–Kier alpha value is -3.71. The van der Waals surface area contributed by atoms with Gasteiger partial charge in [0.1, 0.15) is 0 Å². The number of hydrogen-bond acceptors (Lipinski definition) is 5. The number of likely N-dealkylation sites (tertiary alicyclic amines) is 1. The maximum Gasteiger partial charge on any atom is 0.243 e. The maximum atomic E-state index is 12.1. The number of ether oxygens (including phenoxy) is 2. The number of para-hydroxylation sites is 1. The Labute approximate surface area is 212 Å². The highest BCUT2D eigenvalue weighted by atomic mass is 16.5. The lowest BCUT2D eigenvalue weighted by Gasteiger charge is -2.32. The van der Waals surface area contributed by atoms with Crippen LogP contribution in [0.25, 0.3) is 17.0 Å². The Bertz CT molecular complexity index is 1200. The number of fused-ring (bicyclic) bond motifs is 1. The van der Waals surface area contributed by atoms with Crippen molar-refractivity contribution in [2.24, 2.45) is 0 Å². The van der Waals surface area contributed by atoms with Crippen molar-refractivity contribution >= 4 is 22.9 Å². The van der Waals surface area contributed by atoms with Crippen molar-refractivity contribution in [3.05, 3.63) is 72.0 Å². The second kappa shape index (κ2) is 12.3. The van der Waals surface area contributed by atoms with Crippen LogP contribution in [-0.4, -0.2) is 61.3 Å². The predicted octanol–water partition coefficient (Wildman–Crippen LogP) is 4.85. The van der Waals surface area contributed by atoms with Crippen molar-refractivity contribution in [1.29, 1.82) is 0 Å². The van der Waals surface area contributed by atoms with Gasteiger partial charge in [-0.2, -0.15) is 0 Å². The smallest absolute Gasteiger partial charge is 0.243 e. The number of piperidine rings is 1. The summed E-state index contributed by atoms with van der Waals surface area (Å²) in [5, 5.41) is 14.3. The van der Waals surface area contributed by atoms with Gasteiger partial charge in [0.05, 0.1) is 14.2 Å². The molecule has 3 N–H and O–H groups in total. The average molecular weight is 490 g/mol. The van der Waals surface area contributed by atoms with Crippen LogP contribution < -0.4 is 14.8 Å². The van der Waals surface area contributed by atoms with Gasteiger partial charge in [-0.25, -0.2) is 0 Å². The highest BCUT2D eigenvalue weighted by molar-refractivity contribution is 5.87. The Morgan fingerprint density at radius 1 is 1.14 bits per heavy atom. The van der Waals surface area contributed by atoms with Gasteiger partial charge >= 0.3 is 0 Å². The summed E-state index contributed by atoms with van der Waals surface area (Å²) in [4.78, 5) is 18.0. The lowest BCUT2D eigenvalue weighted by Crippen LogP contribution is -2.35. The number of phenols is 1. The number of aromatic nitrogens is 1. The molecule has 0 spiro atoms. The number of phenolic OH excluding ortho intramolecular Hbond substituents is 1. The Kier molecular flexibility index (Phi) is 8.68. The highest BCUT2D eigenvalue weighted by Crippen LogP contribution is 2.37. The van der Waals surface area contributed by atoms with Gasteiger partial charge in [-0.3, -0.25) is 4.79 Å². The van der Waals surface area contributed by atoms with Crippen molar-refractivity contribution in [2.75, 3.05) is 40.4 Å². The molecular formula is C29H35N3O4. The molecule has 2 aromatic carbocycles. The van der Waals surface area contributed by atoms with Crippen molar-refractivity contribution < 1.29 is 19.4 Å². The molecule has 2 heterocycles. The molecule has 36 heavy (non-hydrogen) atoms. The number of amides is 1. The largest absolute Gasteiger partial charge is 0.502 e. The standard InChI is InChI=1S/C29H35N3O4/c1-35-26-18-21(19-27(36-2)29(26)34)8-3-6-11-28(33)30-14-7-15-32-16-12-22(13-17-32)24-20-31-25-10-5-4-9-23(24)25/h3-6,8-11,18-20,22,31,34H,7,12-17H2,1-2H3,(H,30,33). The van der Waals surface area contributed by atoms with Crippen LogP contribution in [0.3, 0.4) is 0 Å². The summed E-state index contributed by atoms with van der Waals surface area (Å²) in [6.45, 7) is 3.84. The van der Waals surface area contributed by atoms with Gasteiger partial charge in [0.2, 0.25) is 11.7 Å². The lowest BCUT2D eigenvalue weighted by atomic mass is 9.89. The molecule has 1 aliphatic rings. The number of aromatic hydroxyl groups is 1. The first-order valence-corrected chi connectivity index (χ1v) is 12.4. The quantitative estimate of drug-likeness (QED) is 0.215. The summed E-state index contributed by atoms with van der Waals surface area (Å²) in [5.74, 6) is 1.12. The van der Waals surface area contributed by atoms with Crippen LogP contribution in [0.4, 0.5) is 0 Å². The van der Waals surface area contributed by atoms with E-state index in [9.17, 15) is 9.90 Å². The molecule has 4 rings (SSSR count). The summed E-state index contributed by atoms with van der Waals surface area (Å²) in [5.41, 5.74) is 3.46. The van der Waals surface area contributed by atoms with Crippen LogP contribution >= 0.6 is 0 Å². The molecule has 1 aromatic heterocycles. The molecule has 1 amide bonds.